The normalized spacial score (nSPS) is 17.5. The van der Waals surface area contributed by atoms with E-state index in [4.69, 9.17) is 24.0 Å². The molecule has 1 amide bonds. The molecule has 2 aliphatic rings. The van der Waals surface area contributed by atoms with Crippen LogP contribution < -0.4 is 4.90 Å². The first kappa shape index (κ1) is 29.0. The number of morpholine rings is 1. The Morgan fingerprint density at radius 3 is 2.56 bits per heavy atom. The van der Waals surface area contributed by atoms with Gasteiger partial charge in [-0.3, -0.25) is 4.68 Å². The van der Waals surface area contributed by atoms with Crippen LogP contribution in [0.4, 0.5) is 10.6 Å². The van der Waals surface area contributed by atoms with Gasteiger partial charge in [-0.2, -0.15) is 5.10 Å². The fourth-order valence-corrected chi connectivity index (χ4v) is 6.07. The third-order valence-electron chi connectivity index (χ3n) is 8.33. The number of aromatic nitrogens is 5. The maximum Gasteiger partial charge on any atom is 0.410 e. The minimum absolute atomic E-state index is 0.00911. The molecule has 3 aromatic heterocycles. The maximum absolute atomic E-state index is 12.5. The molecule has 1 atom stereocenters. The molecule has 11 heteroatoms. The van der Waals surface area contributed by atoms with Crippen LogP contribution in [0.1, 0.15) is 49.9 Å². The van der Waals surface area contributed by atoms with E-state index in [9.17, 15) is 4.79 Å². The smallest absolute Gasteiger partial charge is 0.410 e. The van der Waals surface area contributed by atoms with Gasteiger partial charge in [0.25, 0.3) is 0 Å². The van der Waals surface area contributed by atoms with Crippen LogP contribution in [-0.4, -0.2) is 74.3 Å². The van der Waals surface area contributed by atoms with Crippen LogP contribution in [0.15, 0.2) is 65.4 Å². The second-order valence-corrected chi connectivity index (χ2v) is 12.7. The van der Waals surface area contributed by atoms with Crippen LogP contribution in [-0.2, 0) is 9.47 Å². The van der Waals surface area contributed by atoms with Crippen LogP contribution >= 0.6 is 0 Å². The Kier molecular flexibility index (Phi) is 7.27. The highest BCUT2D eigenvalue weighted by molar-refractivity contribution is 5.95. The average Bonchev–Trinajstić information content (AvgIpc) is 3.61. The Hall–Kier alpha value is -4.77. The highest BCUT2D eigenvalue weighted by Gasteiger charge is 2.35. The molecule has 0 bridgehead atoms. The molecule has 5 heterocycles. The molecule has 232 valence electrons. The molecule has 2 aliphatic heterocycles. The summed E-state index contributed by atoms with van der Waals surface area (Å²) in [4.78, 5) is 26.7. The Balaban J connectivity index is 1.26. The van der Waals surface area contributed by atoms with E-state index in [-0.39, 0.29) is 18.2 Å². The first-order chi connectivity index (χ1) is 21.6. The fraction of sp³-hybridized carbons (Fsp3) is 0.382. The van der Waals surface area contributed by atoms with Crippen molar-refractivity contribution < 1.29 is 18.8 Å². The molecule has 0 saturated carbocycles. The van der Waals surface area contributed by atoms with Crippen LogP contribution in [0.2, 0.25) is 0 Å². The van der Waals surface area contributed by atoms with Gasteiger partial charge >= 0.3 is 6.09 Å². The lowest BCUT2D eigenvalue weighted by atomic mass is 10.0. The monoisotopic (exact) mass is 607 g/mol. The fourth-order valence-electron chi connectivity index (χ4n) is 6.07. The molecular formula is C34H37N7O4. The summed E-state index contributed by atoms with van der Waals surface area (Å²) < 4.78 is 18.9. The van der Waals surface area contributed by atoms with Crippen LogP contribution in [0.3, 0.4) is 0 Å². The predicted molar refractivity (Wildman–Crippen MR) is 170 cm³/mol. The third-order valence-corrected chi connectivity index (χ3v) is 8.33. The molecule has 0 spiro atoms. The number of amides is 1. The molecule has 0 N–H and O–H groups in total. The molecule has 0 aliphatic carbocycles. The van der Waals surface area contributed by atoms with Gasteiger partial charge < -0.3 is 23.8 Å². The highest BCUT2D eigenvalue weighted by atomic mass is 16.6. The molecule has 0 radical (unpaired) electrons. The average molecular weight is 608 g/mol. The lowest BCUT2D eigenvalue weighted by Gasteiger charge is -2.39. The summed E-state index contributed by atoms with van der Waals surface area (Å²) >= 11 is 0. The molecule has 2 saturated heterocycles. The van der Waals surface area contributed by atoms with Crippen molar-refractivity contribution in [2.24, 2.45) is 0 Å². The van der Waals surface area contributed by atoms with E-state index in [1.807, 2.05) is 57.6 Å². The van der Waals surface area contributed by atoms with Gasteiger partial charge in [0.1, 0.15) is 17.2 Å². The molecule has 5 aromatic rings. The number of aryl methyl sites for hydroxylation is 2. The summed E-state index contributed by atoms with van der Waals surface area (Å²) in [5, 5.41) is 9.76. The third kappa shape index (κ3) is 5.64. The molecule has 11 nitrogen and oxygen atoms in total. The summed E-state index contributed by atoms with van der Waals surface area (Å²) in [5.74, 6) is 2.21. The number of hydrogen-bond acceptors (Lipinski definition) is 9. The van der Waals surface area contributed by atoms with Crippen molar-refractivity contribution >= 4 is 22.8 Å². The minimum Gasteiger partial charge on any atom is -0.444 e. The molecule has 45 heavy (non-hydrogen) atoms. The van der Waals surface area contributed by atoms with E-state index in [0.29, 0.717) is 38.7 Å². The first-order valence-corrected chi connectivity index (χ1v) is 15.3. The van der Waals surface area contributed by atoms with Gasteiger partial charge in [0.15, 0.2) is 5.82 Å². The number of likely N-dealkylation sites (tertiary alicyclic amines) is 1. The second kappa shape index (κ2) is 11.3. The van der Waals surface area contributed by atoms with Gasteiger partial charge in [-0.15, -0.1) is 0 Å². The summed E-state index contributed by atoms with van der Waals surface area (Å²) in [7, 11) is 0. The predicted octanol–water partition coefficient (Wildman–Crippen LogP) is 6.13. The lowest BCUT2D eigenvalue weighted by molar-refractivity contribution is -0.000386. The topological polar surface area (TPSA) is 112 Å². The Morgan fingerprint density at radius 2 is 1.82 bits per heavy atom. The second-order valence-electron chi connectivity index (χ2n) is 12.7. The van der Waals surface area contributed by atoms with Gasteiger partial charge in [0, 0.05) is 36.8 Å². The number of ether oxygens (including phenoxy) is 2. The van der Waals surface area contributed by atoms with Crippen molar-refractivity contribution in [3.8, 4) is 22.5 Å². The van der Waals surface area contributed by atoms with Crippen LogP contribution in [0.25, 0.3) is 33.4 Å². The zero-order chi connectivity index (χ0) is 31.3. The number of carbonyl (C=O) groups excluding carboxylic acids is 1. The van der Waals surface area contributed by atoms with E-state index in [1.165, 1.54) is 5.56 Å². The van der Waals surface area contributed by atoms with Gasteiger partial charge in [-0.1, -0.05) is 41.6 Å². The van der Waals surface area contributed by atoms with Crippen molar-refractivity contribution in [3.05, 3.63) is 77.9 Å². The van der Waals surface area contributed by atoms with Crippen LogP contribution in [0, 0.1) is 13.8 Å². The SMILES string of the molecule is Cc1noc(C)c1-c1ccc2nc(-c3cnn(C4CN(C(=O)OC(C)(C)C)C4)c3)nc(N3CCOCC3c3ccccc3)c2c1. The largest absolute Gasteiger partial charge is 0.444 e. The summed E-state index contributed by atoms with van der Waals surface area (Å²) in [6, 6.07) is 16.7. The number of rotatable bonds is 5. The molecular weight excluding hydrogens is 570 g/mol. The van der Waals surface area contributed by atoms with Gasteiger partial charge in [-0.25, -0.2) is 14.8 Å². The Morgan fingerprint density at radius 1 is 1.02 bits per heavy atom. The number of hydrogen-bond donors (Lipinski definition) is 0. The van der Waals surface area contributed by atoms with Crippen molar-refractivity contribution in [2.75, 3.05) is 37.7 Å². The number of nitrogens with zero attached hydrogens (tertiary/aromatic N) is 7. The van der Waals surface area contributed by atoms with E-state index < -0.39 is 5.60 Å². The Labute approximate surface area is 261 Å². The lowest BCUT2D eigenvalue weighted by Crippen LogP contribution is -2.52. The number of benzene rings is 2. The van der Waals surface area contributed by atoms with Crippen molar-refractivity contribution in [3.63, 3.8) is 0 Å². The summed E-state index contributed by atoms with van der Waals surface area (Å²) in [6.45, 7) is 12.4. The number of fused-ring (bicyclic) bond motifs is 1. The molecule has 7 rings (SSSR count). The number of carbonyl (C=O) groups is 1. The van der Waals surface area contributed by atoms with Crippen molar-refractivity contribution in [2.45, 2.75) is 52.3 Å². The van der Waals surface area contributed by atoms with Gasteiger partial charge in [-0.05, 0) is 57.9 Å². The zero-order valence-electron chi connectivity index (χ0n) is 26.2. The first-order valence-electron chi connectivity index (χ1n) is 15.3. The van der Waals surface area contributed by atoms with Crippen molar-refractivity contribution in [1.29, 1.82) is 0 Å². The van der Waals surface area contributed by atoms with E-state index in [2.05, 4.69) is 51.6 Å². The van der Waals surface area contributed by atoms with Gasteiger partial charge in [0.2, 0.25) is 0 Å². The van der Waals surface area contributed by atoms with E-state index in [0.717, 1.165) is 44.9 Å². The quantitative estimate of drug-likeness (QED) is 0.233. The molecule has 2 aromatic carbocycles. The van der Waals surface area contributed by atoms with Gasteiger partial charge in [0.05, 0.1) is 48.3 Å². The van der Waals surface area contributed by atoms with Crippen LogP contribution in [0.5, 0.6) is 0 Å². The standard InChI is InChI=1S/C34H37N7O4/c1-21-30(22(2)45-38-21)24-11-12-28-27(15-24)32(40-13-14-43-20-29(40)23-9-7-6-8-10-23)37-31(36-28)25-16-35-41(17-25)26-18-39(19-26)33(42)44-34(3,4)5/h6-12,15-17,26,29H,13-14,18-20H2,1-5H3. The maximum atomic E-state index is 12.5. The van der Waals surface area contributed by atoms with E-state index in [1.54, 1.807) is 11.1 Å². The van der Waals surface area contributed by atoms with E-state index >= 15 is 0 Å². The molecule has 2 fully saturated rings. The summed E-state index contributed by atoms with van der Waals surface area (Å²) in [6.07, 6.45) is 3.46. The Bertz CT molecular complexity index is 1830. The highest BCUT2D eigenvalue weighted by Crippen LogP contribution is 2.38. The van der Waals surface area contributed by atoms with Crippen molar-refractivity contribution in [1.82, 2.24) is 29.8 Å². The summed E-state index contributed by atoms with van der Waals surface area (Å²) in [5.41, 5.74) is 5.11. The molecule has 1 unspecified atom stereocenters. The zero-order valence-corrected chi connectivity index (χ0v) is 26.2. The minimum atomic E-state index is -0.528. The number of anilines is 1.